The van der Waals surface area contributed by atoms with E-state index in [0.717, 1.165) is 5.56 Å². The minimum absolute atomic E-state index is 0.147. The molecular formula is C22H22BrNO5. The molecule has 0 saturated carbocycles. The molecule has 7 heteroatoms. The molecule has 0 fully saturated rings. The van der Waals surface area contributed by atoms with E-state index in [9.17, 15) is 14.7 Å². The highest BCUT2D eigenvalue weighted by Crippen LogP contribution is 2.36. The first-order valence-corrected chi connectivity index (χ1v) is 9.69. The molecule has 0 saturated heterocycles. The minimum atomic E-state index is -0.988. The van der Waals surface area contributed by atoms with Crippen LogP contribution in [0.1, 0.15) is 25.0 Å². The minimum Gasteiger partial charge on any atom is -0.493 e. The number of carbonyl (C=O) groups is 2. The van der Waals surface area contributed by atoms with E-state index >= 15 is 0 Å². The zero-order valence-electron chi connectivity index (χ0n) is 16.3. The maximum Gasteiger partial charge on any atom is 0.336 e. The second-order valence-electron chi connectivity index (χ2n) is 6.50. The summed E-state index contributed by atoms with van der Waals surface area (Å²) in [6.07, 6.45) is 4.45. The topological polar surface area (TPSA) is 85.2 Å². The van der Waals surface area contributed by atoms with Crippen molar-refractivity contribution in [3.05, 3.63) is 64.1 Å². The molecule has 152 valence electrons. The van der Waals surface area contributed by atoms with E-state index in [1.165, 1.54) is 19.4 Å². The molecule has 0 aliphatic heterocycles. The number of benzene rings is 2. The second kappa shape index (κ2) is 10.6. The quantitative estimate of drug-likeness (QED) is 0.269. The standard InChI is InChI=1S/C22H22BrNO5/c1-14(2)20(22(26)27)24-13-16-11-17(23)21(18(12-16)28-3)29-19(25)10-9-15-7-5-4-6-8-15/h4-14,20H,1-3H3,(H,26,27)/b10-9+,24-13?. The number of hydrogen-bond donors (Lipinski definition) is 1. The predicted octanol–water partition coefficient (Wildman–Crippen LogP) is 4.60. The van der Waals surface area contributed by atoms with Crippen LogP contribution in [0.25, 0.3) is 6.08 Å². The number of aliphatic carboxylic acids is 1. The molecule has 0 aliphatic carbocycles. The molecular weight excluding hydrogens is 438 g/mol. The number of carboxylic acid groups (broad SMARTS) is 1. The van der Waals surface area contributed by atoms with Crippen LogP contribution in [0.4, 0.5) is 0 Å². The SMILES string of the molecule is COc1cc(C=NC(C(=O)O)C(C)C)cc(Br)c1OC(=O)/C=C/c1ccccc1. The third-order valence-electron chi connectivity index (χ3n) is 3.93. The summed E-state index contributed by atoms with van der Waals surface area (Å²) in [6, 6.07) is 11.8. The third-order valence-corrected chi connectivity index (χ3v) is 4.52. The fourth-order valence-electron chi connectivity index (χ4n) is 2.46. The highest BCUT2D eigenvalue weighted by atomic mass is 79.9. The molecule has 29 heavy (non-hydrogen) atoms. The molecule has 6 nitrogen and oxygen atoms in total. The van der Waals surface area contributed by atoms with Crippen LogP contribution in [0.5, 0.6) is 11.5 Å². The number of methoxy groups -OCH3 is 1. The van der Waals surface area contributed by atoms with Crippen LogP contribution in [0.2, 0.25) is 0 Å². The van der Waals surface area contributed by atoms with Crippen molar-refractivity contribution in [3.8, 4) is 11.5 Å². The summed E-state index contributed by atoms with van der Waals surface area (Å²) in [5, 5.41) is 9.24. The lowest BCUT2D eigenvalue weighted by Crippen LogP contribution is -2.24. The van der Waals surface area contributed by atoms with Crippen molar-refractivity contribution in [3.63, 3.8) is 0 Å². The lowest BCUT2D eigenvalue weighted by Gasteiger charge is -2.12. The Kier molecular flexibility index (Phi) is 8.15. The Hall–Kier alpha value is -2.93. The van der Waals surface area contributed by atoms with Gasteiger partial charge in [0.05, 0.1) is 11.6 Å². The van der Waals surface area contributed by atoms with E-state index < -0.39 is 18.0 Å². The number of rotatable bonds is 8. The van der Waals surface area contributed by atoms with Crippen molar-refractivity contribution in [2.24, 2.45) is 10.9 Å². The Morgan fingerprint density at radius 2 is 1.83 bits per heavy atom. The van der Waals surface area contributed by atoms with E-state index in [4.69, 9.17) is 9.47 Å². The molecule has 2 aromatic rings. The maximum atomic E-state index is 12.2. The van der Waals surface area contributed by atoms with Gasteiger partial charge in [-0.2, -0.15) is 0 Å². The largest absolute Gasteiger partial charge is 0.493 e. The second-order valence-corrected chi connectivity index (χ2v) is 7.36. The monoisotopic (exact) mass is 459 g/mol. The van der Waals surface area contributed by atoms with Gasteiger partial charge in [0.1, 0.15) is 6.04 Å². The van der Waals surface area contributed by atoms with Crippen LogP contribution in [0, 0.1) is 5.92 Å². The molecule has 1 unspecified atom stereocenters. The van der Waals surface area contributed by atoms with E-state index in [1.54, 1.807) is 32.1 Å². The van der Waals surface area contributed by atoms with Gasteiger partial charge in [0.2, 0.25) is 0 Å². The fourth-order valence-corrected chi connectivity index (χ4v) is 3.00. The summed E-state index contributed by atoms with van der Waals surface area (Å²) in [5.74, 6) is -1.14. The number of ether oxygens (including phenoxy) is 2. The van der Waals surface area contributed by atoms with Gasteiger partial charge < -0.3 is 14.6 Å². The number of esters is 1. The van der Waals surface area contributed by atoms with Crippen LogP contribution >= 0.6 is 15.9 Å². The molecule has 2 aromatic carbocycles. The smallest absolute Gasteiger partial charge is 0.336 e. The van der Waals surface area contributed by atoms with Gasteiger partial charge in [-0.05, 0) is 51.2 Å². The average molecular weight is 460 g/mol. The van der Waals surface area contributed by atoms with Crippen molar-refractivity contribution < 1.29 is 24.2 Å². The highest BCUT2D eigenvalue weighted by molar-refractivity contribution is 9.10. The molecule has 0 radical (unpaired) electrons. The van der Waals surface area contributed by atoms with E-state index in [-0.39, 0.29) is 11.7 Å². The number of carbonyl (C=O) groups excluding carboxylic acids is 1. The maximum absolute atomic E-state index is 12.2. The van der Waals surface area contributed by atoms with Gasteiger partial charge in [-0.1, -0.05) is 44.2 Å². The molecule has 0 aliphatic rings. The molecule has 1 atom stereocenters. The molecule has 2 rings (SSSR count). The Bertz CT molecular complexity index is 922. The summed E-state index contributed by atoms with van der Waals surface area (Å²) in [5.41, 5.74) is 1.49. The number of carboxylic acids is 1. The molecule has 0 bridgehead atoms. The molecule has 0 heterocycles. The van der Waals surface area contributed by atoms with Crippen molar-refractivity contribution in [2.45, 2.75) is 19.9 Å². The van der Waals surface area contributed by atoms with Crippen molar-refractivity contribution >= 4 is 40.2 Å². The Morgan fingerprint density at radius 1 is 1.14 bits per heavy atom. The van der Waals surface area contributed by atoms with Gasteiger partial charge in [-0.3, -0.25) is 4.99 Å². The van der Waals surface area contributed by atoms with Crippen molar-refractivity contribution in [2.75, 3.05) is 7.11 Å². The summed E-state index contributed by atoms with van der Waals surface area (Å²) in [6.45, 7) is 3.58. The van der Waals surface area contributed by atoms with Crippen molar-refractivity contribution in [1.82, 2.24) is 0 Å². The van der Waals surface area contributed by atoms with E-state index in [1.807, 2.05) is 30.3 Å². The normalized spacial score (nSPS) is 12.4. The van der Waals surface area contributed by atoms with Crippen LogP contribution < -0.4 is 9.47 Å². The predicted molar refractivity (Wildman–Crippen MR) is 116 cm³/mol. The van der Waals surface area contributed by atoms with E-state index in [2.05, 4.69) is 20.9 Å². The Balaban J connectivity index is 2.20. The zero-order chi connectivity index (χ0) is 21.4. The Labute approximate surface area is 178 Å². The first-order chi connectivity index (χ1) is 13.8. The molecule has 0 aromatic heterocycles. The van der Waals surface area contributed by atoms with E-state index in [0.29, 0.717) is 15.8 Å². The van der Waals surface area contributed by atoms with Gasteiger partial charge in [0, 0.05) is 12.3 Å². The lowest BCUT2D eigenvalue weighted by atomic mass is 10.1. The first-order valence-electron chi connectivity index (χ1n) is 8.90. The van der Waals surface area contributed by atoms with Gasteiger partial charge in [0.25, 0.3) is 0 Å². The number of aliphatic imine (C=N–C) groups is 1. The van der Waals surface area contributed by atoms with Gasteiger partial charge in [0.15, 0.2) is 11.5 Å². The third kappa shape index (κ3) is 6.57. The first kappa shape index (κ1) is 22.4. The van der Waals surface area contributed by atoms with Crippen LogP contribution in [0.3, 0.4) is 0 Å². The van der Waals surface area contributed by atoms with Gasteiger partial charge in [-0.15, -0.1) is 0 Å². The number of hydrogen-bond acceptors (Lipinski definition) is 5. The lowest BCUT2D eigenvalue weighted by molar-refractivity contribution is -0.139. The van der Waals surface area contributed by atoms with Crippen molar-refractivity contribution in [1.29, 1.82) is 0 Å². The van der Waals surface area contributed by atoms with Crippen LogP contribution in [-0.4, -0.2) is 36.4 Å². The summed E-state index contributed by atoms with van der Waals surface area (Å²) >= 11 is 3.37. The number of nitrogens with zero attached hydrogens (tertiary/aromatic N) is 1. The Morgan fingerprint density at radius 3 is 2.41 bits per heavy atom. The molecule has 0 amide bonds. The highest BCUT2D eigenvalue weighted by Gasteiger charge is 2.20. The fraction of sp³-hybridized carbons (Fsp3) is 0.227. The van der Waals surface area contributed by atoms with Crippen LogP contribution in [0.15, 0.2) is 58.0 Å². The molecule has 1 N–H and O–H groups in total. The number of halogens is 1. The van der Waals surface area contributed by atoms with Gasteiger partial charge >= 0.3 is 11.9 Å². The summed E-state index contributed by atoms with van der Waals surface area (Å²) < 4.78 is 11.2. The summed E-state index contributed by atoms with van der Waals surface area (Å²) in [4.78, 5) is 27.6. The zero-order valence-corrected chi connectivity index (χ0v) is 17.9. The van der Waals surface area contributed by atoms with Crippen LogP contribution in [-0.2, 0) is 9.59 Å². The molecule has 0 spiro atoms. The summed E-state index contributed by atoms with van der Waals surface area (Å²) in [7, 11) is 1.45. The van der Waals surface area contributed by atoms with Gasteiger partial charge in [-0.25, -0.2) is 9.59 Å². The average Bonchev–Trinajstić information content (AvgIpc) is 2.68.